The highest BCUT2D eigenvalue weighted by molar-refractivity contribution is 14.0. The van der Waals surface area contributed by atoms with Crippen molar-refractivity contribution >= 4 is 40.0 Å². The van der Waals surface area contributed by atoms with Crippen molar-refractivity contribution in [1.82, 2.24) is 15.4 Å². The molecule has 0 aromatic heterocycles. The van der Waals surface area contributed by atoms with E-state index in [2.05, 4.69) is 20.3 Å². The number of ether oxygens (including phenoxy) is 2. The number of nitrogens with zero attached hydrogens (tertiary/aromatic N) is 1. The van der Waals surface area contributed by atoms with Gasteiger partial charge in [0.15, 0.2) is 5.96 Å². The van der Waals surface area contributed by atoms with Crippen LogP contribution in [0, 0.1) is 0 Å². The average molecular weight is 561 g/mol. The quantitative estimate of drug-likeness (QED) is 0.118. The van der Waals surface area contributed by atoms with Crippen LogP contribution in [0.25, 0.3) is 0 Å². The molecule has 2 fully saturated rings. The lowest BCUT2D eigenvalue weighted by Crippen LogP contribution is -2.42. The van der Waals surface area contributed by atoms with Crippen LogP contribution in [0.2, 0.25) is 0 Å². The summed E-state index contributed by atoms with van der Waals surface area (Å²) in [7, 11) is -3.33. The summed E-state index contributed by atoms with van der Waals surface area (Å²) in [5.74, 6) is 0.630. The zero-order valence-electron chi connectivity index (χ0n) is 18.4. The highest BCUT2D eigenvalue weighted by atomic mass is 127. The number of hydrogen-bond acceptors (Lipinski definition) is 5. The van der Waals surface area contributed by atoms with Crippen molar-refractivity contribution in [1.29, 1.82) is 0 Å². The Balaban J connectivity index is 0.00000450. The van der Waals surface area contributed by atoms with Gasteiger partial charge in [-0.3, -0.25) is 4.99 Å². The minimum absolute atomic E-state index is 0. The highest BCUT2D eigenvalue weighted by Gasteiger charge is 2.17. The van der Waals surface area contributed by atoms with E-state index < -0.39 is 10.0 Å². The van der Waals surface area contributed by atoms with E-state index in [1.54, 1.807) is 0 Å². The fourth-order valence-corrected chi connectivity index (χ4v) is 4.65. The van der Waals surface area contributed by atoms with E-state index in [0.29, 0.717) is 38.3 Å². The number of aliphatic imine (C=N–C) groups is 1. The smallest absolute Gasteiger partial charge is 0.213 e. The number of rotatable bonds is 11. The predicted octanol–water partition coefficient (Wildman–Crippen LogP) is 2.39. The van der Waals surface area contributed by atoms with E-state index in [4.69, 9.17) is 9.47 Å². The first kappa shape index (κ1) is 27.9. The molecule has 0 amide bonds. The lowest BCUT2D eigenvalue weighted by atomic mass is 10.1. The Morgan fingerprint density at radius 2 is 1.80 bits per heavy atom. The summed E-state index contributed by atoms with van der Waals surface area (Å²) in [6.45, 7) is 5.26. The van der Waals surface area contributed by atoms with Crippen LogP contribution >= 0.6 is 24.0 Å². The number of hydrogen-bond donors (Lipinski definition) is 3. The van der Waals surface area contributed by atoms with Gasteiger partial charge in [0.25, 0.3) is 0 Å². The third-order valence-corrected chi connectivity index (χ3v) is 6.68. The van der Waals surface area contributed by atoms with Crippen molar-refractivity contribution in [3.63, 3.8) is 0 Å². The van der Waals surface area contributed by atoms with Crippen molar-refractivity contribution in [2.24, 2.45) is 4.99 Å². The number of sulfonamides is 1. The minimum Gasteiger partial charge on any atom is -0.377 e. The Hall–Kier alpha value is -0.170. The monoisotopic (exact) mass is 560 g/mol. The SMILES string of the molecule is CCNC(=NCCOC1CCCCCC1)NCCS(=O)(=O)NCC1CCCCO1.I. The highest BCUT2D eigenvalue weighted by Crippen LogP contribution is 2.19. The molecule has 1 unspecified atom stereocenters. The van der Waals surface area contributed by atoms with Gasteiger partial charge in [-0.05, 0) is 39.0 Å². The largest absolute Gasteiger partial charge is 0.377 e. The van der Waals surface area contributed by atoms with Gasteiger partial charge in [0.2, 0.25) is 10.0 Å². The van der Waals surface area contributed by atoms with Gasteiger partial charge in [-0.25, -0.2) is 13.1 Å². The molecule has 0 bridgehead atoms. The molecule has 1 saturated carbocycles. The summed E-state index contributed by atoms with van der Waals surface area (Å²) in [5.41, 5.74) is 0. The topological polar surface area (TPSA) is 101 Å². The summed E-state index contributed by atoms with van der Waals surface area (Å²) in [5, 5.41) is 6.25. The van der Waals surface area contributed by atoms with Crippen molar-refractivity contribution in [2.75, 3.05) is 45.1 Å². The minimum atomic E-state index is -3.33. The molecule has 0 aromatic carbocycles. The van der Waals surface area contributed by atoms with Gasteiger partial charge in [-0.2, -0.15) is 0 Å². The number of halogens is 1. The van der Waals surface area contributed by atoms with Crippen LogP contribution in [0.1, 0.15) is 64.7 Å². The maximum absolute atomic E-state index is 12.2. The Morgan fingerprint density at radius 1 is 1.07 bits per heavy atom. The maximum Gasteiger partial charge on any atom is 0.213 e. The lowest BCUT2D eigenvalue weighted by molar-refractivity contribution is 0.0200. The van der Waals surface area contributed by atoms with Gasteiger partial charge >= 0.3 is 0 Å². The van der Waals surface area contributed by atoms with E-state index in [1.807, 2.05) is 6.92 Å². The van der Waals surface area contributed by atoms with E-state index in [0.717, 1.165) is 45.3 Å². The normalized spacial score (nSPS) is 21.5. The summed E-state index contributed by atoms with van der Waals surface area (Å²) in [6.07, 6.45) is 10.9. The Kier molecular flexibility index (Phi) is 15.3. The molecule has 1 aliphatic heterocycles. The molecule has 1 saturated heterocycles. The Labute approximate surface area is 199 Å². The predicted molar refractivity (Wildman–Crippen MR) is 132 cm³/mol. The fraction of sp³-hybridized carbons (Fsp3) is 0.950. The molecule has 1 atom stereocenters. The second-order valence-corrected chi connectivity index (χ2v) is 9.75. The summed E-state index contributed by atoms with van der Waals surface area (Å²) >= 11 is 0. The second-order valence-electron chi connectivity index (χ2n) is 7.83. The van der Waals surface area contributed by atoms with Gasteiger partial charge in [0.05, 0.1) is 31.1 Å². The van der Waals surface area contributed by atoms with Crippen molar-refractivity contribution in [3.05, 3.63) is 0 Å². The summed E-state index contributed by atoms with van der Waals surface area (Å²) in [4.78, 5) is 4.49. The van der Waals surface area contributed by atoms with E-state index >= 15 is 0 Å². The number of guanidine groups is 1. The third kappa shape index (κ3) is 12.6. The zero-order chi connectivity index (χ0) is 20.8. The van der Waals surface area contributed by atoms with Crippen LogP contribution in [0.4, 0.5) is 0 Å². The standard InChI is InChI=1S/C20H40N4O4S.HI/c1-2-21-20(22-12-15-28-18-9-5-3-4-6-10-18)23-13-16-29(25,26)24-17-19-11-7-8-14-27-19;/h18-19,24H,2-17H2,1H3,(H2,21,22,23);1H. The maximum atomic E-state index is 12.2. The molecule has 10 heteroatoms. The molecule has 0 spiro atoms. The molecule has 178 valence electrons. The molecule has 3 N–H and O–H groups in total. The summed E-state index contributed by atoms with van der Waals surface area (Å²) in [6, 6.07) is 0. The Bertz CT molecular complexity index is 563. The van der Waals surface area contributed by atoms with Crippen LogP contribution in [-0.2, 0) is 19.5 Å². The van der Waals surface area contributed by atoms with Gasteiger partial charge in [0.1, 0.15) is 0 Å². The Morgan fingerprint density at radius 3 is 2.47 bits per heavy atom. The lowest BCUT2D eigenvalue weighted by Gasteiger charge is -2.22. The molecule has 0 radical (unpaired) electrons. The van der Waals surface area contributed by atoms with E-state index in [9.17, 15) is 8.42 Å². The van der Waals surface area contributed by atoms with Crippen LogP contribution in [0.5, 0.6) is 0 Å². The van der Waals surface area contributed by atoms with Crippen molar-refractivity contribution in [2.45, 2.75) is 76.9 Å². The second kappa shape index (κ2) is 16.5. The van der Waals surface area contributed by atoms with Crippen LogP contribution < -0.4 is 15.4 Å². The molecule has 8 nitrogen and oxygen atoms in total. The van der Waals surface area contributed by atoms with Crippen LogP contribution in [0.15, 0.2) is 4.99 Å². The molecular formula is C20H41IN4O4S. The summed E-state index contributed by atoms with van der Waals surface area (Å²) < 4.78 is 38.6. The van der Waals surface area contributed by atoms with Crippen molar-refractivity contribution < 1.29 is 17.9 Å². The van der Waals surface area contributed by atoms with Crippen LogP contribution in [0.3, 0.4) is 0 Å². The number of nitrogens with one attached hydrogen (secondary N) is 3. The van der Waals surface area contributed by atoms with Gasteiger partial charge in [-0.1, -0.05) is 25.7 Å². The van der Waals surface area contributed by atoms with Gasteiger partial charge in [-0.15, -0.1) is 24.0 Å². The average Bonchev–Trinajstić information content (AvgIpc) is 2.99. The zero-order valence-corrected chi connectivity index (χ0v) is 21.5. The molecular weight excluding hydrogens is 519 g/mol. The van der Waals surface area contributed by atoms with Gasteiger partial charge < -0.3 is 20.1 Å². The van der Waals surface area contributed by atoms with Crippen molar-refractivity contribution in [3.8, 4) is 0 Å². The van der Waals surface area contributed by atoms with Gasteiger partial charge in [0, 0.05) is 26.2 Å². The third-order valence-electron chi connectivity index (χ3n) is 5.33. The molecule has 2 rings (SSSR count). The molecule has 1 heterocycles. The van der Waals surface area contributed by atoms with E-state index in [-0.39, 0.29) is 35.8 Å². The molecule has 30 heavy (non-hydrogen) atoms. The fourth-order valence-electron chi connectivity index (χ4n) is 3.69. The molecule has 2 aliphatic rings. The first-order valence-corrected chi connectivity index (χ1v) is 13.0. The molecule has 1 aliphatic carbocycles. The first-order chi connectivity index (χ1) is 14.1. The van der Waals surface area contributed by atoms with E-state index in [1.165, 1.54) is 25.7 Å². The van der Waals surface area contributed by atoms with Crippen LogP contribution in [-0.4, -0.2) is 71.7 Å². The molecule has 0 aromatic rings. The first-order valence-electron chi connectivity index (χ1n) is 11.3.